The van der Waals surface area contributed by atoms with E-state index in [2.05, 4.69) is 36.4 Å². The smallest absolute Gasteiger partial charge is 0.287 e. The van der Waals surface area contributed by atoms with E-state index in [1.807, 2.05) is 24.3 Å². The number of fused-ring (bicyclic) bond motifs is 1. The third-order valence-electron chi connectivity index (χ3n) is 6.15. The average molecular weight is 447 g/mol. The molecule has 5 rings (SSSR count). The average Bonchev–Trinajstić information content (AvgIpc) is 3.49. The van der Waals surface area contributed by atoms with Crippen molar-refractivity contribution in [3.05, 3.63) is 59.7 Å². The number of amides is 1. The lowest BCUT2D eigenvalue weighted by molar-refractivity contribution is 0.0383. The summed E-state index contributed by atoms with van der Waals surface area (Å²) in [6, 6.07) is 9.76. The van der Waals surface area contributed by atoms with Crippen molar-refractivity contribution in [2.75, 3.05) is 39.4 Å². The normalized spacial score (nSPS) is 17.3. The number of morpholine rings is 1. The molecule has 1 amide bonds. The van der Waals surface area contributed by atoms with Gasteiger partial charge in [-0.25, -0.2) is 4.98 Å². The quantitative estimate of drug-likeness (QED) is 0.395. The standard InChI is InChI=1S/C24H26N6O3/c31-24(26-9-10-30-11-13-33-14-12-30)23-27-21(16-5-7-25-8-6-16)22(28-23)18-1-3-19-17(15-18)2-4-20(19)29-32/h1,3,5-8,15,32H,2,4,9-14H2,(H,26,31)(H,27,28)/b29-20+. The third-order valence-corrected chi connectivity index (χ3v) is 6.15. The summed E-state index contributed by atoms with van der Waals surface area (Å²) in [7, 11) is 0. The Labute approximate surface area is 191 Å². The van der Waals surface area contributed by atoms with Crippen LogP contribution in [0.2, 0.25) is 0 Å². The number of nitrogens with one attached hydrogen (secondary N) is 2. The SMILES string of the molecule is O=C(NCCN1CCOCC1)c1nc(-c2ccc3c(c2)CC/C3=N\O)c(-c2ccncc2)[nH]1. The zero-order valence-electron chi connectivity index (χ0n) is 18.3. The number of imidazole rings is 1. The van der Waals surface area contributed by atoms with E-state index >= 15 is 0 Å². The maximum absolute atomic E-state index is 12.9. The fourth-order valence-electron chi connectivity index (χ4n) is 4.37. The monoisotopic (exact) mass is 446 g/mol. The summed E-state index contributed by atoms with van der Waals surface area (Å²) in [6.45, 7) is 4.55. The number of aromatic nitrogens is 3. The minimum Gasteiger partial charge on any atom is -0.411 e. The molecule has 0 bridgehead atoms. The molecule has 0 atom stereocenters. The van der Waals surface area contributed by atoms with Crippen molar-refractivity contribution >= 4 is 11.6 Å². The highest BCUT2D eigenvalue weighted by Gasteiger charge is 2.22. The summed E-state index contributed by atoms with van der Waals surface area (Å²) in [5.41, 5.74) is 6.06. The van der Waals surface area contributed by atoms with Crippen molar-refractivity contribution in [1.29, 1.82) is 0 Å². The number of benzene rings is 1. The first-order valence-electron chi connectivity index (χ1n) is 11.2. The van der Waals surface area contributed by atoms with Gasteiger partial charge in [0.2, 0.25) is 0 Å². The van der Waals surface area contributed by atoms with E-state index in [-0.39, 0.29) is 11.7 Å². The maximum atomic E-state index is 12.9. The van der Waals surface area contributed by atoms with Gasteiger partial charge in [0.1, 0.15) is 0 Å². The molecule has 1 fully saturated rings. The first kappa shape index (κ1) is 21.3. The molecule has 3 aromatic rings. The molecule has 9 nitrogen and oxygen atoms in total. The minimum atomic E-state index is -0.235. The van der Waals surface area contributed by atoms with E-state index in [9.17, 15) is 10.0 Å². The number of aryl methyl sites for hydroxylation is 1. The molecule has 2 aliphatic rings. The summed E-state index contributed by atoms with van der Waals surface area (Å²) in [6.07, 6.45) is 4.96. The van der Waals surface area contributed by atoms with Gasteiger partial charge in [0.05, 0.1) is 30.3 Å². The molecule has 1 saturated heterocycles. The number of rotatable bonds is 6. The Morgan fingerprint density at radius 1 is 1.15 bits per heavy atom. The van der Waals surface area contributed by atoms with Crippen molar-refractivity contribution in [2.24, 2.45) is 5.16 Å². The molecule has 0 unspecified atom stereocenters. The summed E-state index contributed by atoms with van der Waals surface area (Å²) < 4.78 is 5.37. The molecule has 1 aliphatic heterocycles. The number of nitrogens with zero attached hydrogens (tertiary/aromatic N) is 4. The van der Waals surface area contributed by atoms with E-state index in [0.29, 0.717) is 24.4 Å². The zero-order chi connectivity index (χ0) is 22.6. The summed E-state index contributed by atoms with van der Waals surface area (Å²) >= 11 is 0. The highest BCUT2D eigenvalue weighted by atomic mass is 16.5. The second-order valence-corrected chi connectivity index (χ2v) is 8.17. The molecule has 2 aromatic heterocycles. The van der Waals surface area contributed by atoms with Crippen molar-refractivity contribution in [3.8, 4) is 22.5 Å². The summed E-state index contributed by atoms with van der Waals surface area (Å²) in [4.78, 5) is 27.2. The number of hydrogen-bond acceptors (Lipinski definition) is 7. The number of H-pyrrole nitrogens is 1. The Balaban J connectivity index is 1.41. The van der Waals surface area contributed by atoms with Crippen LogP contribution in [0.5, 0.6) is 0 Å². The van der Waals surface area contributed by atoms with Crippen LogP contribution >= 0.6 is 0 Å². The molecule has 1 aromatic carbocycles. The van der Waals surface area contributed by atoms with Crippen LogP contribution in [-0.2, 0) is 11.2 Å². The van der Waals surface area contributed by atoms with Gasteiger partial charge in [-0.3, -0.25) is 14.7 Å². The number of ether oxygens (including phenoxy) is 1. The van der Waals surface area contributed by atoms with Gasteiger partial charge in [-0.1, -0.05) is 17.3 Å². The van der Waals surface area contributed by atoms with Crippen molar-refractivity contribution in [2.45, 2.75) is 12.8 Å². The van der Waals surface area contributed by atoms with E-state index in [1.165, 1.54) is 0 Å². The number of hydrogen-bond donors (Lipinski definition) is 3. The van der Waals surface area contributed by atoms with Crippen LogP contribution in [-0.4, -0.2) is 76.1 Å². The number of pyridine rings is 1. The van der Waals surface area contributed by atoms with Crippen LogP contribution < -0.4 is 5.32 Å². The molecule has 3 N–H and O–H groups in total. The van der Waals surface area contributed by atoms with Crippen molar-refractivity contribution < 1.29 is 14.7 Å². The van der Waals surface area contributed by atoms with E-state index in [1.54, 1.807) is 12.4 Å². The van der Waals surface area contributed by atoms with Crippen molar-refractivity contribution in [3.63, 3.8) is 0 Å². The fourth-order valence-corrected chi connectivity index (χ4v) is 4.37. The lowest BCUT2D eigenvalue weighted by atomic mass is 10.0. The number of carbonyl (C=O) groups is 1. The minimum absolute atomic E-state index is 0.235. The van der Waals surface area contributed by atoms with E-state index in [0.717, 1.165) is 67.2 Å². The van der Waals surface area contributed by atoms with Gasteiger partial charge in [-0.2, -0.15) is 0 Å². The highest BCUT2D eigenvalue weighted by Crippen LogP contribution is 2.33. The van der Waals surface area contributed by atoms with Crippen LogP contribution in [0.25, 0.3) is 22.5 Å². The Morgan fingerprint density at radius 3 is 2.76 bits per heavy atom. The first-order valence-corrected chi connectivity index (χ1v) is 11.2. The third kappa shape index (κ3) is 4.50. The molecule has 1 aliphatic carbocycles. The number of carbonyl (C=O) groups excluding carboxylic acids is 1. The van der Waals surface area contributed by atoms with Gasteiger partial charge in [-0.05, 0) is 36.6 Å². The van der Waals surface area contributed by atoms with Gasteiger partial charge in [0.15, 0.2) is 5.82 Å². The second-order valence-electron chi connectivity index (χ2n) is 8.17. The Kier molecular flexibility index (Phi) is 6.14. The predicted octanol–water partition coefficient (Wildman–Crippen LogP) is 2.33. The summed E-state index contributed by atoms with van der Waals surface area (Å²) in [5, 5.41) is 15.6. The maximum Gasteiger partial charge on any atom is 0.287 e. The Hall–Kier alpha value is -3.56. The molecule has 3 heterocycles. The van der Waals surface area contributed by atoms with E-state index in [4.69, 9.17) is 4.74 Å². The molecular weight excluding hydrogens is 420 g/mol. The van der Waals surface area contributed by atoms with Crippen LogP contribution in [0.1, 0.15) is 28.2 Å². The predicted molar refractivity (Wildman–Crippen MR) is 123 cm³/mol. The molecule has 9 heteroatoms. The van der Waals surface area contributed by atoms with E-state index < -0.39 is 0 Å². The van der Waals surface area contributed by atoms with Crippen molar-refractivity contribution in [1.82, 2.24) is 25.2 Å². The molecule has 0 saturated carbocycles. The Bertz CT molecular complexity index is 1170. The van der Waals surface area contributed by atoms with Crippen LogP contribution in [0.4, 0.5) is 0 Å². The van der Waals surface area contributed by atoms with Gasteiger partial charge in [0.25, 0.3) is 5.91 Å². The molecule has 0 spiro atoms. The highest BCUT2D eigenvalue weighted by molar-refractivity contribution is 6.04. The summed E-state index contributed by atoms with van der Waals surface area (Å²) in [5.74, 6) is 0.0394. The first-order chi connectivity index (χ1) is 16.2. The molecule has 33 heavy (non-hydrogen) atoms. The van der Waals surface area contributed by atoms with Crippen LogP contribution in [0, 0.1) is 0 Å². The van der Waals surface area contributed by atoms with Gasteiger partial charge < -0.3 is 20.2 Å². The number of oxime groups is 1. The molecule has 170 valence electrons. The van der Waals surface area contributed by atoms with Gasteiger partial charge in [-0.15, -0.1) is 0 Å². The number of aromatic amines is 1. The topological polar surface area (TPSA) is 116 Å². The largest absolute Gasteiger partial charge is 0.411 e. The lowest BCUT2D eigenvalue weighted by Crippen LogP contribution is -2.41. The lowest BCUT2D eigenvalue weighted by Gasteiger charge is -2.26. The fraction of sp³-hybridized carbons (Fsp3) is 0.333. The van der Waals surface area contributed by atoms with Crippen LogP contribution in [0.3, 0.4) is 0 Å². The van der Waals surface area contributed by atoms with Gasteiger partial charge >= 0.3 is 0 Å². The second kappa shape index (κ2) is 9.51. The zero-order valence-corrected chi connectivity index (χ0v) is 18.3. The molecular formula is C24H26N6O3. The van der Waals surface area contributed by atoms with Crippen LogP contribution in [0.15, 0.2) is 47.9 Å². The molecule has 0 radical (unpaired) electrons. The van der Waals surface area contributed by atoms with Gasteiger partial charge in [0, 0.05) is 55.3 Å². The Morgan fingerprint density at radius 2 is 1.97 bits per heavy atom.